The zero-order valence-corrected chi connectivity index (χ0v) is 20.5. The first-order chi connectivity index (χ1) is 14.3. The predicted molar refractivity (Wildman–Crippen MR) is 96.0 cm³/mol. The molecule has 32 heavy (non-hydrogen) atoms. The fourth-order valence-corrected chi connectivity index (χ4v) is 4.31. The van der Waals surface area contributed by atoms with Gasteiger partial charge in [-0.1, -0.05) is 0 Å². The van der Waals surface area contributed by atoms with Gasteiger partial charge in [-0.2, -0.15) is 0 Å². The van der Waals surface area contributed by atoms with Gasteiger partial charge in [-0.25, -0.2) is 0 Å². The minimum absolute atomic E-state index is 0. The van der Waals surface area contributed by atoms with Crippen molar-refractivity contribution in [2.24, 2.45) is 5.92 Å². The summed E-state index contributed by atoms with van der Waals surface area (Å²) in [5.41, 5.74) is 0. The van der Waals surface area contributed by atoms with Gasteiger partial charge in [0, 0.05) is 12.5 Å². The van der Waals surface area contributed by atoms with Gasteiger partial charge < -0.3 is 69.4 Å². The van der Waals surface area contributed by atoms with Crippen molar-refractivity contribution >= 4 is 7.60 Å². The second-order valence-electron chi connectivity index (χ2n) is 7.88. The molecule has 0 radical (unpaired) electrons. The van der Waals surface area contributed by atoms with Crippen molar-refractivity contribution in [1.29, 1.82) is 0 Å². The summed E-state index contributed by atoms with van der Waals surface area (Å²) < 4.78 is 27.0. The molecule has 2 fully saturated rings. The normalized spacial score (nSPS) is 43.8. The largest absolute Gasteiger partial charge is 1.00 e. The Morgan fingerprint density at radius 3 is 2.22 bits per heavy atom. The molecule has 184 valence electrons. The zero-order chi connectivity index (χ0) is 23.7. The predicted octanol–water partition coefficient (Wildman–Crippen LogP) is -8.45. The third-order valence-corrected chi connectivity index (χ3v) is 6.78. The molecule has 16 heteroatoms. The van der Waals surface area contributed by atoms with Crippen LogP contribution in [0.2, 0.25) is 0 Å². The van der Waals surface area contributed by atoms with Crippen LogP contribution in [0.3, 0.4) is 0 Å². The molecule has 0 bridgehead atoms. The maximum atomic E-state index is 11.0. The van der Waals surface area contributed by atoms with E-state index in [0.717, 1.165) is 6.92 Å². The molecular weight excluding hydrogens is 470 g/mol. The topological polar surface area (TPSA) is 250 Å². The van der Waals surface area contributed by atoms with E-state index in [1.807, 2.05) is 0 Å². The van der Waals surface area contributed by atoms with Crippen LogP contribution in [0.5, 0.6) is 0 Å². The summed E-state index contributed by atoms with van der Waals surface area (Å²) in [6, 6.07) is 0. The van der Waals surface area contributed by atoms with E-state index in [1.165, 1.54) is 0 Å². The van der Waals surface area contributed by atoms with E-state index >= 15 is 0 Å². The monoisotopic (exact) mass is 500 g/mol. The fraction of sp³-hybridized carbons (Fsp3) is 1.00. The summed E-state index contributed by atoms with van der Waals surface area (Å²) in [6.45, 7) is -1.03. The van der Waals surface area contributed by atoms with Crippen LogP contribution in [0.15, 0.2) is 0 Å². The van der Waals surface area contributed by atoms with Crippen molar-refractivity contribution in [2.45, 2.75) is 73.8 Å². The molecule has 1 heterocycles. The fourth-order valence-electron chi connectivity index (χ4n) is 3.69. The van der Waals surface area contributed by atoms with Gasteiger partial charge in [0.05, 0.1) is 24.9 Å². The van der Waals surface area contributed by atoms with Crippen LogP contribution in [-0.2, 0) is 18.8 Å². The average molecular weight is 500 g/mol. The Hall–Kier alpha value is 0.710. The molecule has 0 aromatic rings. The number of rotatable bonds is 9. The number of ether oxygens (including phenoxy) is 3. The van der Waals surface area contributed by atoms with E-state index in [1.54, 1.807) is 0 Å². The van der Waals surface area contributed by atoms with Crippen LogP contribution in [0.25, 0.3) is 0 Å². The Kier molecular flexibility index (Phi) is 11.6. The summed E-state index contributed by atoms with van der Waals surface area (Å²) >= 11 is 0. The van der Waals surface area contributed by atoms with E-state index in [-0.39, 0.29) is 36.0 Å². The van der Waals surface area contributed by atoms with Crippen molar-refractivity contribution < 1.29 is 99.0 Å². The summed E-state index contributed by atoms with van der Waals surface area (Å²) in [5, 5.41) is 79.3. The Balaban J connectivity index is 0.00000512. The molecule has 12 atom stereocenters. The van der Waals surface area contributed by atoms with E-state index in [2.05, 4.69) is 0 Å². The van der Waals surface area contributed by atoms with E-state index in [9.17, 15) is 50.3 Å². The van der Waals surface area contributed by atoms with Crippen molar-refractivity contribution in [1.82, 2.24) is 0 Å². The number of aliphatic hydroxyl groups is 8. The second kappa shape index (κ2) is 12.1. The molecule has 9 N–H and O–H groups in total. The van der Waals surface area contributed by atoms with Crippen LogP contribution in [0.1, 0.15) is 13.3 Å². The van der Waals surface area contributed by atoms with Crippen molar-refractivity contribution in [3.63, 3.8) is 0 Å². The van der Waals surface area contributed by atoms with E-state index < -0.39 is 93.8 Å². The molecule has 1 aliphatic heterocycles. The number of aliphatic hydroxyl groups excluding tert-OH is 8. The van der Waals surface area contributed by atoms with Gasteiger partial charge in [-0.3, -0.25) is 0 Å². The zero-order valence-electron chi connectivity index (χ0n) is 17.6. The quantitative estimate of drug-likeness (QED) is 0.105. The molecule has 0 aromatic heterocycles. The van der Waals surface area contributed by atoms with Crippen molar-refractivity contribution in [3.05, 3.63) is 0 Å². The van der Waals surface area contributed by atoms with Gasteiger partial charge in [-0.15, -0.1) is 0 Å². The van der Waals surface area contributed by atoms with Gasteiger partial charge in [-0.05, 0) is 13.3 Å². The van der Waals surface area contributed by atoms with Crippen LogP contribution >= 0.6 is 7.60 Å². The van der Waals surface area contributed by atoms with Crippen LogP contribution in [0, 0.1) is 5.92 Å². The molecule has 1 aliphatic carbocycles. The maximum absolute atomic E-state index is 11.0. The van der Waals surface area contributed by atoms with Gasteiger partial charge in [0.1, 0.15) is 43.0 Å². The summed E-state index contributed by atoms with van der Waals surface area (Å²) in [6.07, 6.45) is -12.7. The Morgan fingerprint density at radius 1 is 1.12 bits per heavy atom. The third-order valence-electron chi connectivity index (χ3n) is 5.69. The van der Waals surface area contributed by atoms with Gasteiger partial charge in [0.15, 0.2) is 7.60 Å². The van der Waals surface area contributed by atoms with Crippen molar-refractivity contribution in [3.8, 4) is 0 Å². The smallest absolute Gasteiger partial charge is 0.777 e. The Labute approximate surface area is 205 Å². The molecule has 1 saturated carbocycles. The van der Waals surface area contributed by atoms with Gasteiger partial charge in [0.2, 0.25) is 5.79 Å². The summed E-state index contributed by atoms with van der Waals surface area (Å²) in [7, 11) is -5.11. The van der Waals surface area contributed by atoms with E-state index in [0.29, 0.717) is 0 Å². The average Bonchev–Trinajstić information content (AvgIpc) is 2.96. The molecule has 0 spiro atoms. The first-order valence-corrected chi connectivity index (χ1v) is 11.2. The Bertz CT molecular complexity index is 636. The molecule has 12 unspecified atom stereocenters. The summed E-state index contributed by atoms with van der Waals surface area (Å²) in [4.78, 5) is 19.9. The maximum Gasteiger partial charge on any atom is 1.00 e. The minimum atomic E-state index is -5.11. The van der Waals surface area contributed by atoms with Crippen LogP contribution in [-0.4, -0.2) is 126 Å². The van der Waals surface area contributed by atoms with Crippen molar-refractivity contribution in [2.75, 3.05) is 19.8 Å². The Morgan fingerprint density at radius 2 is 1.72 bits per heavy atom. The van der Waals surface area contributed by atoms with Crippen LogP contribution < -0.4 is 34.5 Å². The first-order valence-electron chi connectivity index (χ1n) is 9.59. The molecular formula is C16H30NaO14P. The van der Waals surface area contributed by atoms with Crippen LogP contribution in [0.4, 0.5) is 0 Å². The number of hydrogen-bond donors (Lipinski definition) is 9. The standard InChI is InChI=1S/C16H31O14P.Na/c1-6(15(24)31(25,26)27)28-4-9-12(21)14(23)16(5-18,30-9)29-8-2-7(3-17)10(19)13(22)11(8)20;/h6-15,17-24H,2-5H2,1H3,(H2,25,26,27);/q;+1/p-1. The molecule has 2 aliphatic rings. The van der Waals surface area contributed by atoms with Gasteiger partial charge >= 0.3 is 29.6 Å². The second-order valence-corrected chi connectivity index (χ2v) is 9.54. The van der Waals surface area contributed by atoms with E-state index in [4.69, 9.17) is 19.1 Å². The molecule has 0 aromatic carbocycles. The minimum Gasteiger partial charge on any atom is -0.777 e. The first kappa shape index (κ1) is 30.7. The molecule has 1 saturated heterocycles. The summed E-state index contributed by atoms with van der Waals surface area (Å²) in [5.74, 6) is -5.42. The molecule has 2 rings (SSSR count). The third kappa shape index (κ3) is 6.47. The van der Waals surface area contributed by atoms with Gasteiger partial charge in [0.25, 0.3) is 0 Å². The molecule has 14 nitrogen and oxygen atoms in total. The SMILES string of the molecule is CC(OCC1OC(CO)(OC2CC(CO)C(O)C(O)C2O)C(O)C1O)C(O)P(=O)([O-])O.[Na+]. The number of hydrogen-bond acceptors (Lipinski definition) is 13. The molecule has 0 amide bonds.